The van der Waals surface area contributed by atoms with Crippen LogP contribution in [0.4, 0.5) is 0 Å². The van der Waals surface area contributed by atoms with Crippen molar-refractivity contribution in [2.24, 2.45) is 5.41 Å². The van der Waals surface area contributed by atoms with Gasteiger partial charge in [0.25, 0.3) is 0 Å². The van der Waals surface area contributed by atoms with E-state index in [1.165, 1.54) is 0 Å². The van der Waals surface area contributed by atoms with Crippen LogP contribution in [0.15, 0.2) is 18.5 Å². The molecule has 1 heterocycles. The normalized spacial score (nSPS) is 15.4. The number of hydrogen-bond donors (Lipinski definition) is 1. The molecule has 0 fully saturated rings. The van der Waals surface area contributed by atoms with Crippen LogP contribution in [-0.4, -0.2) is 28.9 Å². The van der Waals surface area contributed by atoms with E-state index in [9.17, 15) is 5.11 Å². The topological polar surface area (TPSA) is 42.4 Å². The summed E-state index contributed by atoms with van der Waals surface area (Å²) in [6.07, 6.45) is 2.96. The Morgan fingerprint density at radius 3 is 2.61 bits per heavy atom. The van der Waals surface area contributed by atoms with Crippen molar-refractivity contribution in [1.29, 1.82) is 0 Å². The van der Waals surface area contributed by atoms with Gasteiger partial charge in [0, 0.05) is 25.4 Å². The number of aromatic nitrogens is 1. The fourth-order valence-corrected chi connectivity index (χ4v) is 2.22. The van der Waals surface area contributed by atoms with E-state index in [1.54, 1.807) is 12.4 Å². The lowest BCUT2D eigenvalue weighted by atomic mass is 9.84. The maximum absolute atomic E-state index is 10.3. The molecule has 0 spiro atoms. The van der Waals surface area contributed by atoms with Crippen molar-refractivity contribution in [1.82, 2.24) is 4.98 Å². The van der Waals surface area contributed by atoms with Crippen LogP contribution < -0.4 is 0 Å². The number of hydrogen-bond acceptors (Lipinski definition) is 3. The predicted octanol–water partition coefficient (Wildman–Crippen LogP) is 3.09. The summed E-state index contributed by atoms with van der Waals surface area (Å²) in [7, 11) is 0. The molecule has 1 N–H and O–H groups in total. The van der Waals surface area contributed by atoms with E-state index in [2.05, 4.69) is 25.8 Å². The third kappa shape index (κ3) is 4.23. The summed E-state index contributed by atoms with van der Waals surface area (Å²) in [6, 6.07) is 1.83. The maximum atomic E-state index is 10.3. The van der Waals surface area contributed by atoms with Crippen molar-refractivity contribution in [3.05, 3.63) is 29.0 Å². The Balaban J connectivity index is 2.79. The maximum Gasteiger partial charge on any atom is 0.0885 e. The van der Waals surface area contributed by atoms with Crippen LogP contribution in [0.1, 0.15) is 33.3 Å². The number of pyridine rings is 1. The quantitative estimate of drug-likeness (QED) is 0.895. The van der Waals surface area contributed by atoms with Crippen LogP contribution in [-0.2, 0) is 11.2 Å². The Morgan fingerprint density at radius 2 is 2.11 bits per heavy atom. The zero-order valence-corrected chi connectivity index (χ0v) is 12.2. The van der Waals surface area contributed by atoms with Gasteiger partial charge in [-0.25, -0.2) is 0 Å². The highest BCUT2D eigenvalue weighted by molar-refractivity contribution is 6.31. The minimum absolute atomic E-state index is 0.116. The molecule has 0 aliphatic carbocycles. The summed E-state index contributed by atoms with van der Waals surface area (Å²) in [5, 5.41) is 10.9. The van der Waals surface area contributed by atoms with E-state index in [4.69, 9.17) is 16.3 Å². The lowest BCUT2D eigenvalue weighted by molar-refractivity contribution is -0.0873. The van der Waals surface area contributed by atoms with Crippen molar-refractivity contribution in [3.8, 4) is 0 Å². The zero-order chi connectivity index (χ0) is 13.8. The Kier molecular flexibility index (Phi) is 5.57. The largest absolute Gasteiger partial charge is 0.390 e. The number of ether oxygens (including phenoxy) is 1. The summed E-state index contributed by atoms with van der Waals surface area (Å²) >= 11 is 6.05. The van der Waals surface area contributed by atoms with E-state index < -0.39 is 6.10 Å². The SMILES string of the molecule is CCOC(C(O)Cc1ccncc1Cl)C(C)(C)C. The molecule has 0 bridgehead atoms. The van der Waals surface area contributed by atoms with E-state index in [1.807, 2.05) is 13.0 Å². The van der Waals surface area contributed by atoms with Gasteiger partial charge in [0.1, 0.15) is 0 Å². The van der Waals surface area contributed by atoms with Gasteiger partial charge in [-0.15, -0.1) is 0 Å². The van der Waals surface area contributed by atoms with Crippen LogP contribution >= 0.6 is 11.6 Å². The lowest BCUT2D eigenvalue weighted by Crippen LogP contribution is -2.41. The van der Waals surface area contributed by atoms with Gasteiger partial charge >= 0.3 is 0 Å². The van der Waals surface area contributed by atoms with Gasteiger partial charge in [-0.2, -0.15) is 0 Å². The molecule has 0 aromatic carbocycles. The smallest absolute Gasteiger partial charge is 0.0885 e. The van der Waals surface area contributed by atoms with Crippen molar-refractivity contribution < 1.29 is 9.84 Å². The molecule has 0 saturated heterocycles. The van der Waals surface area contributed by atoms with Gasteiger partial charge in [0.15, 0.2) is 0 Å². The molecular weight excluding hydrogens is 250 g/mol. The molecule has 18 heavy (non-hydrogen) atoms. The number of rotatable bonds is 5. The van der Waals surface area contributed by atoms with Crippen LogP contribution in [0.25, 0.3) is 0 Å². The van der Waals surface area contributed by atoms with Crippen molar-refractivity contribution in [2.75, 3.05) is 6.61 Å². The predicted molar refractivity (Wildman–Crippen MR) is 73.8 cm³/mol. The van der Waals surface area contributed by atoms with E-state index >= 15 is 0 Å². The minimum Gasteiger partial charge on any atom is -0.390 e. The van der Waals surface area contributed by atoms with E-state index in [-0.39, 0.29) is 11.5 Å². The number of halogens is 1. The van der Waals surface area contributed by atoms with Crippen LogP contribution in [0.5, 0.6) is 0 Å². The Hall–Kier alpha value is -0.640. The van der Waals surface area contributed by atoms with Gasteiger partial charge in [0.2, 0.25) is 0 Å². The first kappa shape index (κ1) is 15.4. The molecule has 0 aliphatic heterocycles. The van der Waals surface area contributed by atoms with Gasteiger partial charge in [-0.1, -0.05) is 32.4 Å². The second-order valence-corrected chi connectivity index (χ2v) is 5.89. The molecule has 0 aliphatic rings. The zero-order valence-electron chi connectivity index (χ0n) is 11.5. The summed E-state index contributed by atoms with van der Waals surface area (Å²) in [6.45, 7) is 8.70. The van der Waals surface area contributed by atoms with Crippen LogP contribution in [0.3, 0.4) is 0 Å². The molecule has 3 nitrogen and oxygen atoms in total. The lowest BCUT2D eigenvalue weighted by Gasteiger charge is -2.34. The van der Waals surface area contributed by atoms with Crippen LogP contribution in [0.2, 0.25) is 5.02 Å². The molecule has 1 aromatic rings. The molecule has 0 radical (unpaired) electrons. The van der Waals surface area contributed by atoms with E-state index in [0.29, 0.717) is 18.1 Å². The highest BCUT2D eigenvalue weighted by Crippen LogP contribution is 2.27. The average Bonchev–Trinajstić information content (AvgIpc) is 2.27. The fraction of sp³-hybridized carbons (Fsp3) is 0.643. The van der Waals surface area contributed by atoms with Gasteiger partial charge in [0.05, 0.1) is 17.2 Å². The van der Waals surface area contributed by atoms with Crippen LogP contribution in [0, 0.1) is 5.41 Å². The van der Waals surface area contributed by atoms with Crippen molar-refractivity contribution >= 4 is 11.6 Å². The molecule has 4 heteroatoms. The van der Waals surface area contributed by atoms with E-state index in [0.717, 1.165) is 5.56 Å². The van der Waals surface area contributed by atoms with Gasteiger partial charge in [-0.3, -0.25) is 4.98 Å². The standard InChI is InChI=1S/C14H22ClNO2/c1-5-18-13(14(2,3)4)12(17)8-10-6-7-16-9-11(10)15/h6-7,9,12-13,17H,5,8H2,1-4H3. The average molecular weight is 272 g/mol. The molecule has 1 rings (SSSR count). The Bertz CT molecular complexity index is 376. The number of nitrogens with zero attached hydrogens (tertiary/aromatic N) is 1. The summed E-state index contributed by atoms with van der Waals surface area (Å²) < 4.78 is 5.67. The van der Waals surface area contributed by atoms with Crippen molar-refractivity contribution in [3.63, 3.8) is 0 Å². The molecular formula is C14H22ClNO2. The third-order valence-corrected chi connectivity index (χ3v) is 3.18. The third-order valence-electron chi connectivity index (χ3n) is 2.83. The highest BCUT2D eigenvalue weighted by atomic mass is 35.5. The van der Waals surface area contributed by atoms with Gasteiger partial charge in [-0.05, 0) is 24.0 Å². The highest BCUT2D eigenvalue weighted by Gasteiger charge is 2.32. The fourth-order valence-electron chi connectivity index (χ4n) is 2.02. The first-order chi connectivity index (χ1) is 8.36. The number of aliphatic hydroxyl groups excluding tert-OH is 1. The first-order valence-electron chi connectivity index (χ1n) is 6.24. The monoisotopic (exact) mass is 271 g/mol. The molecule has 0 amide bonds. The Labute approximate surface area is 114 Å². The summed E-state index contributed by atoms with van der Waals surface area (Å²) in [5.74, 6) is 0. The Morgan fingerprint density at radius 1 is 1.44 bits per heavy atom. The molecule has 0 saturated carbocycles. The minimum atomic E-state index is -0.579. The first-order valence-corrected chi connectivity index (χ1v) is 6.62. The molecule has 1 aromatic heterocycles. The second-order valence-electron chi connectivity index (χ2n) is 5.48. The summed E-state index contributed by atoms with van der Waals surface area (Å²) in [4.78, 5) is 3.94. The summed E-state index contributed by atoms with van der Waals surface area (Å²) in [5.41, 5.74) is 0.780. The van der Waals surface area contributed by atoms with Crippen molar-refractivity contribution in [2.45, 2.75) is 46.3 Å². The molecule has 2 atom stereocenters. The van der Waals surface area contributed by atoms with Gasteiger partial charge < -0.3 is 9.84 Å². The second kappa shape index (κ2) is 6.50. The molecule has 2 unspecified atom stereocenters. The number of aliphatic hydroxyl groups is 1. The molecule has 102 valence electrons.